The zero-order valence-electron chi connectivity index (χ0n) is 15.1. The minimum absolute atomic E-state index is 0.0868. The molecule has 0 aromatic heterocycles. The van der Waals surface area contributed by atoms with E-state index in [-0.39, 0.29) is 11.8 Å². The van der Waals surface area contributed by atoms with E-state index in [2.05, 4.69) is 15.1 Å². The monoisotopic (exact) mass is 343 g/mol. The lowest BCUT2D eigenvalue weighted by molar-refractivity contribution is -0.130. The van der Waals surface area contributed by atoms with Crippen LogP contribution in [0.3, 0.4) is 0 Å². The molecule has 0 spiro atoms. The highest BCUT2D eigenvalue weighted by Gasteiger charge is 2.31. The van der Waals surface area contributed by atoms with Crippen LogP contribution in [0.15, 0.2) is 30.3 Å². The summed E-state index contributed by atoms with van der Waals surface area (Å²) in [6.45, 7) is 3.90. The third kappa shape index (κ3) is 4.40. The van der Waals surface area contributed by atoms with Gasteiger partial charge in [-0.3, -0.25) is 9.59 Å². The third-order valence-electron chi connectivity index (χ3n) is 5.61. The van der Waals surface area contributed by atoms with Crippen molar-refractivity contribution < 1.29 is 9.59 Å². The van der Waals surface area contributed by atoms with Gasteiger partial charge in [0.25, 0.3) is 0 Å². The summed E-state index contributed by atoms with van der Waals surface area (Å²) in [7, 11) is 1.71. The molecule has 0 saturated carbocycles. The summed E-state index contributed by atoms with van der Waals surface area (Å²) in [5.41, 5.74) is 1.08. The molecule has 5 nitrogen and oxygen atoms in total. The summed E-state index contributed by atoms with van der Waals surface area (Å²) in [5, 5.41) is 2.80. The summed E-state index contributed by atoms with van der Waals surface area (Å²) in [6, 6.07) is 10.5. The lowest BCUT2D eigenvalue weighted by atomic mass is 9.94. The van der Waals surface area contributed by atoms with Crippen molar-refractivity contribution >= 4 is 11.8 Å². The van der Waals surface area contributed by atoms with E-state index in [1.165, 1.54) is 0 Å². The number of hydrogen-bond donors (Lipinski definition) is 1. The molecule has 2 aliphatic heterocycles. The molecule has 5 heteroatoms. The average Bonchev–Trinajstić information content (AvgIpc) is 3.09. The van der Waals surface area contributed by atoms with E-state index in [4.69, 9.17) is 0 Å². The molecule has 1 atom stereocenters. The number of piperidine rings is 1. The maximum Gasteiger partial charge on any atom is 0.227 e. The summed E-state index contributed by atoms with van der Waals surface area (Å²) in [5.74, 6) is 0.329. The van der Waals surface area contributed by atoms with Crippen LogP contribution in [0.2, 0.25) is 0 Å². The standard InChI is InChI=1S/C20H29N3O2/c1-21-20(25)18(16-6-3-2-4-7-16)11-15-22-13-9-17(10-14-22)23-12-5-8-19(23)24/h2-4,6-7,17-18H,5,8-15H2,1H3,(H,21,25). The molecule has 2 saturated heterocycles. The molecule has 2 amide bonds. The number of likely N-dealkylation sites (N-methyl/N-ethyl adjacent to an activating group) is 1. The van der Waals surface area contributed by atoms with E-state index in [1.54, 1.807) is 7.05 Å². The zero-order valence-corrected chi connectivity index (χ0v) is 15.1. The number of carbonyl (C=O) groups is 2. The Morgan fingerprint density at radius 2 is 1.92 bits per heavy atom. The number of carbonyl (C=O) groups excluding carboxylic acids is 2. The highest BCUT2D eigenvalue weighted by Crippen LogP contribution is 2.24. The Balaban J connectivity index is 1.51. The van der Waals surface area contributed by atoms with Gasteiger partial charge < -0.3 is 15.1 Å². The number of hydrogen-bond acceptors (Lipinski definition) is 3. The molecule has 1 unspecified atom stereocenters. The Kier molecular flexibility index (Phi) is 6.08. The first-order valence-corrected chi connectivity index (χ1v) is 9.47. The molecule has 2 heterocycles. The van der Waals surface area contributed by atoms with Gasteiger partial charge >= 0.3 is 0 Å². The van der Waals surface area contributed by atoms with Gasteiger partial charge in [0.1, 0.15) is 0 Å². The third-order valence-corrected chi connectivity index (χ3v) is 5.61. The first-order chi connectivity index (χ1) is 12.2. The van der Waals surface area contributed by atoms with Crippen molar-refractivity contribution in [2.24, 2.45) is 0 Å². The SMILES string of the molecule is CNC(=O)C(CCN1CCC(N2CCCC2=O)CC1)c1ccccc1. The molecule has 3 rings (SSSR count). The Labute approximate surface area is 150 Å². The lowest BCUT2D eigenvalue weighted by Crippen LogP contribution is -2.45. The molecule has 1 N–H and O–H groups in total. The van der Waals surface area contributed by atoms with Crippen LogP contribution < -0.4 is 5.32 Å². The van der Waals surface area contributed by atoms with Crippen LogP contribution >= 0.6 is 0 Å². The van der Waals surface area contributed by atoms with Crippen LogP contribution in [0.25, 0.3) is 0 Å². The van der Waals surface area contributed by atoms with Gasteiger partial charge in [0.15, 0.2) is 0 Å². The van der Waals surface area contributed by atoms with Crippen molar-refractivity contribution in [3.05, 3.63) is 35.9 Å². The van der Waals surface area contributed by atoms with Gasteiger partial charge in [-0.05, 0) is 37.8 Å². The van der Waals surface area contributed by atoms with Crippen molar-refractivity contribution in [1.82, 2.24) is 15.1 Å². The van der Waals surface area contributed by atoms with Gasteiger partial charge in [-0.2, -0.15) is 0 Å². The fourth-order valence-electron chi connectivity index (χ4n) is 4.13. The zero-order chi connectivity index (χ0) is 17.6. The second-order valence-electron chi connectivity index (χ2n) is 7.13. The number of likely N-dealkylation sites (tertiary alicyclic amines) is 2. The van der Waals surface area contributed by atoms with Crippen LogP contribution in [0.4, 0.5) is 0 Å². The molecule has 0 aliphatic carbocycles. The molecular weight excluding hydrogens is 314 g/mol. The molecule has 2 aliphatic rings. The van der Waals surface area contributed by atoms with Gasteiger partial charge in [-0.15, -0.1) is 0 Å². The maximum absolute atomic E-state index is 12.3. The van der Waals surface area contributed by atoms with Gasteiger partial charge in [-0.1, -0.05) is 30.3 Å². The molecule has 2 fully saturated rings. The van der Waals surface area contributed by atoms with Gasteiger partial charge in [0.05, 0.1) is 5.92 Å². The molecule has 1 aromatic rings. The van der Waals surface area contributed by atoms with Crippen LogP contribution in [0.5, 0.6) is 0 Å². The predicted octanol–water partition coefficient (Wildman–Crippen LogP) is 1.99. The van der Waals surface area contributed by atoms with Crippen molar-refractivity contribution in [3.8, 4) is 0 Å². The summed E-state index contributed by atoms with van der Waals surface area (Å²) < 4.78 is 0. The minimum atomic E-state index is -0.0934. The first-order valence-electron chi connectivity index (χ1n) is 9.47. The van der Waals surface area contributed by atoms with Crippen LogP contribution in [-0.4, -0.2) is 60.9 Å². The smallest absolute Gasteiger partial charge is 0.227 e. The van der Waals surface area contributed by atoms with Crippen molar-refractivity contribution in [1.29, 1.82) is 0 Å². The Morgan fingerprint density at radius 1 is 1.20 bits per heavy atom. The highest BCUT2D eigenvalue weighted by atomic mass is 16.2. The Bertz CT molecular complexity index is 582. The summed E-state index contributed by atoms with van der Waals surface area (Å²) in [4.78, 5) is 28.7. The van der Waals surface area contributed by atoms with E-state index in [0.717, 1.165) is 63.8 Å². The lowest BCUT2D eigenvalue weighted by Gasteiger charge is -2.37. The first kappa shape index (κ1) is 17.9. The minimum Gasteiger partial charge on any atom is -0.359 e. The van der Waals surface area contributed by atoms with E-state index in [1.807, 2.05) is 30.3 Å². The molecule has 136 valence electrons. The second kappa shape index (κ2) is 8.48. The normalized spacial score (nSPS) is 20.7. The average molecular weight is 343 g/mol. The fraction of sp³-hybridized carbons (Fsp3) is 0.600. The number of nitrogens with zero attached hydrogens (tertiary/aromatic N) is 2. The van der Waals surface area contributed by atoms with E-state index in [9.17, 15) is 9.59 Å². The highest BCUT2D eigenvalue weighted by molar-refractivity contribution is 5.83. The number of amides is 2. The summed E-state index contributed by atoms with van der Waals surface area (Å²) >= 11 is 0. The summed E-state index contributed by atoms with van der Waals surface area (Å²) in [6.07, 6.45) is 4.69. The molecule has 25 heavy (non-hydrogen) atoms. The van der Waals surface area contributed by atoms with Gasteiger partial charge in [0, 0.05) is 39.1 Å². The van der Waals surface area contributed by atoms with Crippen LogP contribution in [0.1, 0.15) is 43.6 Å². The molecule has 1 aromatic carbocycles. The van der Waals surface area contributed by atoms with Crippen molar-refractivity contribution in [2.45, 2.75) is 44.1 Å². The van der Waals surface area contributed by atoms with Crippen LogP contribution in [0, 0.1) is 0 Å². The second-order valence-corrected chi connectivity index (χ2v) is 7.13. The van der Waals surface area contributed by atoms with E-state index < -0.39 is 0 Å². The fourth-order valence-corrected chi connectivity index (χ4v) is 4.13. The molecule has 0 bridgehead atoms. The Hall–Kier alpha value is -1.88. The quantitative estimate of drug-likeness (QED) is 0.859. The molecule has 0 radical (unpaired) electrons. The van der Waals surface area contributed by atoms with Crippen molar-refractivity contribution in [2.75, 3.05) is 33.2 Å². The van der Waals surface area contributed by atoms with Gasteiger partial charge in [0.2, 0.25) is 11.8 Å². The van der Waals surface area contributed by atoms with Gasteiger partial charge in [-0.25, -0.2) is 0 Å². The van der Waals surface area contributed by atoms with Crippen LogP contribution in [-0.2, 0) is 9.59 Å². The van der Waals surface area contributed by atoms with Crippen molar-refractivity contribution in [3.63, 3.8) is 0 Å². The largest absolute Gasteiger partial charge is 0.359 e. The predicted molar refractivity (Wildman–Crippen MR) is 98.3 cm³/mol. The Morgan fingerprint density at radius 3 is 2.52 bits per heavy atom. The van der Waals surface area contributed by atoms with E-state index >= 15 is 0 Å². The number of nitrogens with one attached hydrogen (secondary N) is 1. The molecular formula is C20H29N3O2. The topological polar surface area (TPSA) is 52.7 Å². The maximum atomic E-state index is 12.3. The number of benzene rings is 1. The number of rotatable bonds is 6. The van der Waals surface area contributed by atoms with E-state index in [0.29, 0.717) is 11.9 Å².